The van der Waals surface area contributed by atoms with Crippen molar-refractivity contribution < 1.29 is 24.2 Å². The molecule has 0 radical (unpaired) electrons. The number of aromatic hydroxyl groups is 1. The van der Waals surface area contributed by atoms with Gasteiger partial charge >= 0.3 is 5.97 Å². The minimum Gasteiger partial charge on any atom is -0.505 e. The molecule has 0 bridgehead atoms. The van der Waals surface area contributed by atoms with Crippen LogP contribution in [-0.4, -0.2) is 26.7 Å². The van der Waals surface area contributed by atoms with Gasteiger partial charge in [0.05, 0.1) is 21.5 Å². The van der Waals surface area contributed by atoms with Gasteiger partial charge in [0, 0.05) is 22.7 Å². The predicted molar refractivity (Wildman–Crippen MR) is 114 cm³/mol. The van der Waals surface area contributed by atoms with Crippen LogP contribution >= 0.6 is 23.2 Å². The van der Waals surface area contributed by atoms with Crippen molar-refractivity contribution >= 4 is 46.0 Å². The summed E-state index contributed by atoms with van der Waals surface area (Å²) >= 11 is 12.0. The Morgan fingerprint density at radius 3 is 2.37 bits per heavy atom. The van der Waals surface area contributed by atoms with E-state index in [9.17, 15) is 24.2 Å². The van der Waals surface area contributed by atoms with E-state index in [4.69, 9.17) is 23.2 Å². The molecule has 0 saturated heterocycles. The molecule has 1 unspecified atom stereocenters. The van der Waals surface area contributed by atoms with Crippen LogP contribution in [0.2, 0.25) is 10.0 Å². The highest BCUT2D eigenvalue weighted by atomic mass is 35.5. The molecule has 2 N–H and O–H groups in total. The number of carboxylic acid groups (broad SMARTS) is 1. The van der Waals surface area contributed by atoms with Gasteiger partial charge in [-0.2, -0.15) is 0 Å². The van der Waals surface area contributed by atoms with Crippen LogP contribution in [0.5, 0.6) is 5.75 Å². The number of phenolic OH excluding ortho intramolecular Hbond substituents is 1. The number of halogens is 3. The minimum atomic E-state index is -1.06. The molecular weight excluding hydrogens is 432 g/mol. The molecule has 0 spiro atoms. The van der Waals surface area contributed by atoms with Crippen LogP contribution in [0.3, 0.4) is 0 Å². The highest BCUT2D eigenvalue weighted by Crippen LogP contribution is 2.38. The third-order valence-corrected chi connectivity index (χ3v) is 5.78. The van der Waals surface area contributed by atoms with Crippen molar-refractivity contribution in [2.75, 3.05) is 0 Å². The molecule has 0 aliphatic carbocycles. The monoisotopic (exact) mass is 451 g/mol. The third-order valence-electron chi connectivity index (χ3n) is 5.04. The van der Waals surface area contributed by atoms with Crippen LogP contribution in [0.4, 0.5) is 4.39 Å². The second-order valence-electron chi connectivity index (χ2n) is 7.61. The topological polar surface area (TPSA) is 79.5 Å². The summed E-state index contributed by atoms with van der Waals surface area (Å²) in [6.45, 7) is 5.39. The SMILES string of the molecule is Cc1c(C(CC(C)C)C(=O)O)c2cc(O)c(F)cc2n1C(=O)c1ccc(Cl)c(Cl)c1. The van der Waals surface area contributed by atoms with Crippen molar-refractivity contribution in [3.63, 3.8) is 0 Å². The van der Waals surface area contributed by atoms with Gasteiger partial charge < -0.3 is 10.2 Å². The molecule has 1 aromatic heterocycles. The Balaban J connectivity index is 2.33. The number of phenols is 1. The van der Waals surface area contributed by atoms with Crippen LogP contribution in [0.1, 0.15) is 47.8 Å². The molecule has 1 atom stereocenters. The number of fused-ring (bicyclic) bond motifs is 1. The number of aromatic nitrogens is 1. The Morgan fingerprint density at radius 1 is 1.13 bits per heavy atom. The number of benzene rings is 2. The van der Waals surface area contributed by atoms with Gasteiger partial charge in [-0.1, -0.05) is 37.0 Å². The molecule has 2 aromatic carbocycles. The zero-order chi connectivity index (χ0) is 22.3. The van der Waals surface area contributed by atoms with Gasteiger partial charge in [-0.15, -0.1) is 0 Å². The summed E-state index contributed by atoms with van der Waals surface area (Å²) < 4.78 is 15.4. The van der Waals surface area contributed by atoms with Gasteiger partial charge in [0.15, 0.2) is 11.6 Å². The van der Waals surface area contributed by atoms with E-state index in [-0.39, 0.29) is 27.0 Å². The molecule has 8 heteroatoms. The molecule has 3 rings (SSSR count). The van der Waals surface area contributed by atoms with E-state index in [1.54, 1.807) is 6.92 Å². The van der Waals surface area contributed by atoms with E-state index in [2.05, 4.69) is 0 Å². The van der Waals surface area contributed by atoms with Crippen molar-refractivity contribution in [3.05, 3.63) is 63.0 Å². The zero-order valence-corrected chi connectivity index (χ0v) is 18.1. The van der Waals surface area contributed by atoms with Gasteiger partial charge in [-0.25, -0.2) is 4.39 Å². The van der Waals surface area contributed by atoms with Gasteiger partial charge in [-0.3, -0.25) is 14.2 Å². The van der Waals surface area contributed by atoms with Crippen molar-refractivity contribution in [1.82, 2.24) is 4.57 Å². The van der Waals surface area contributed by atoms with Crippen LogP contribution in [0.15, 0.2) is 30.3 Å². The lowest BCUT2D eigenvalue weighted by molar-refractivity contribution is -0.139. The Hall–Kier alpha value is -2.57. The highest BCUT2D eigenvalue weighted by molar-refractivity contribution is 6.42. The molecule has 0 saturated carbocycles. The average molecular weight is 452 g/mol. The van der Waals surface area contributed by atoms with Gasteiger partial charge in [-0.05, 0) is 49.1 Å². The van der Waals surface area contributed by atoms with E-state index in [0.717, 1.165) is 6.07 Å². The summed E-state index contributed by atoms with van der Waals surface area (Å²) in [6, 6.07) is 6.56. The number of carbonyl (C=O) groups is 2. The first-order valence-corrected chi connectivity index (χ1v) is 10.0. The number of carboxylic acids is 1. The van der Waals surface area contributed by atoms with Crippen LogP contribution in [-0.2, 0) is 4.79 Å². The zero-order valence-electron chi connectivity index (χ0n) is 16.5. The van der Waals surface area contributed by atoms with Crippen LogP contribution in [0, 0.1) is 18.7 Å². The van der Waals surface area contributed by atoms with E-state index in [0.29, 0.717) is 23.1 Å². The number of hydrogen-bond donors (Lipinski definition) is 2. The molecule has 0 amide bonds. The predicted octanol–water partition coefficient (Wildman–Crippen LogP) is 6.00. The maximum atomic E-state index is 14.2. The van der Waals surface area contributed by atoms with Crippen molar-refractivity contribution in [2.24, 2.45) is 5.92 Å². The largest absolute Gasteiger partial charge is 0.505 e. The Bertz CT molecular complexity index is 1170. The summed E-state index contributed by atoms with van der Waals surface area (Å²) in [7, 11) is 0. The third kappa shape index (κ3) is 3.89. The molecule has 0 fully saturated rings. The first-order valence-electron chi connectivity index (χ1n) is 9.28. The van der Waals surface area contributed by atoms with E-state index >= 15 is 0 Å². The van der Waals surface area contributed by atoms with Crippen LogP contribution < -0.4 is 0 Å². The first kappa shape index (κ1) is 22.1. The number of hydrogen-bond acceptors (Lipinski definition) is 3. The summed E-state index contributed by atoms with van der Waals surface area (Å²) in [6.07, 6.45) is 0.314. The van der Waals surface area contributed by atoms with Crippen molar-refractivity contribution in [2.45, 2.75) is 33.1 Å². The number of nitrogens with zero attached hydrogens (tertiary/aromatic N) is 1. The second kappa shape index (κ2) is 8.28. The first-order chi connectivity index (χ1) is 14.0. The van der Waals surface area contributed by atoms with E-state index in [1.807, 2.05) is 13.8 Å². The molecule has 0 aliphatic rings. The maximum absolute atomic E-state index is 14.2. The van der Waals surface area contributed by atoms with E-state index in [1.165, 1.54) is 28.8 Å². The molecule has 1 heterocycles. The van der Waals surface area contributed by atoms with Crippen molar-refractivity contribution in [3.8, 4) is 5.75 Å². The number of aliphatic carboxylic acids is 1. The summed E-state index contributed by atoms with van der Waals surface area (Å²) in [5.41, 5.74) is 1.11. The average Bonchev–Trinajstić information content (AvgIpc) is 2.92. The lowest BCUT2D eigenvalue weighted by atomic mass is 9.88. The lowest BCUT2D eigenvalue weighted by Crippen LogP contribution is -2.17. The maximum Gasteiger partial charge on any atom is 0.311 e. The fourth-order valence-electron chi connectivity index (χ4n) is 3.72. The second-order valence-corrected chi connectivity index (χ2v) is 8.42. The smallest absolute Gasteiger partial charge is 0.311 e. The summed E-state index contributed by atoms with van der Waals surface area (Å²) in [5, 5.41) is 20.5. The Labute approximate surface area is 182 Å². The highest BCUT2D eigenvalue weighted by Gasteiger charge is 2.30. The molecule has 3 aromatic rings. The normalized spacial score (nSPS) is 12.5. The fraction of sp³-hybridized carbons (Fsp3) is 0.273. The van der Waals surface area contributed by atoms with Gasteiger partial charge in [0.25, 0.3) is 5.91 Å². The molecule has 0 aliphatic heterocycles. The molecule has 30 heavy (non-hydrogen) atoms. The van der Waals surface area contributed by atoms with Crippen molar-refractivity contribution in [1.29, 1.82) is 0 Å². The quantitative estimate of drug-likeness (QED) is 0.498. The lowest BCUT2D eigenvalue weighted by Gasteiger charge is -2.16. The summed E-state index contributed by atoms with van der Waals surface area (Å²) in [5.74, 6) is -3.97. The van der Waals surface area contributed by atoms with Gasteiger partial charge in [0.1, 0.15) is 0 Å². The molecular formula is C22H20Cl2FNO4. The standard InChI is InChI=1S/C22H20Cl2FNO4/c1-10(2)6-14(22(29)30)20-11(3)26(18-9-17(25)19(27)8-13(18)20)21(28)12-4-5-15(23)16(24)7-12/h4-5,7-10,14,27H,6H2,1-3H3,(H,29,30). The Morgan fingerprint density at radius 2 is 1.80 bits per heavy atom. The minimum absolute atomic E-state index is 0.0590. The number of rotatable bonds is 5. The van der Waals surface area contributed by atoms with Crippen LogP contribution in [0.25, 0.3) is 10.9 Å². The summed E-state index contributed by atoms with van der Waals surface area (Å²) in [4.78, 5) is 25.3. The fourth-order valence-corrected chi connectivity index (χ4v) is 4.02. The number of carbonyl (C=O) groups excluding carboxylic acids is 1. The van der Waals surface area contributed by atoms with E-state index < -0.39 is 29.4 Å². The Kier molecular flexibility index (Phi) is 6.11. The molecule has 158 valence electrons. The molecule has 5 nitrogen and oxygen atoms in total. The van der Waals surface area contributed by atoms with Gasteiger partial charge in [0.2, 0.25) is 0 Å².